The fourth-order valence-electron chi connectivity index (χ4n) is 1.96. The fraction of sp³-hybridized carbons (Fsp3) is 0.600. The molecular weight excluding hydrogens is 226 g/mol. The van der Waals surface area contributed by atoms with Crippen molar-refractivity contribution >= 4 is 0 Å². The molecule has 102 valence electrons. The number of rotatable bonds is 8. The average Bonchev–Trinajstić information content (AvgIpc) is 2.41. The van der Waals surface area contributed by atoms with Gasteiger partial charge in [0.15, 0.2) is 0 Å². The maximum atomic E-state index is 10.2. The Labute approximate surface area is 110 Å². The predicted octanol–water partition coefficient (Wildman–Crippen LogP) is 2.47. The van der Waals surface area contributed by atoms with Gasteiger partial charge < -0.3 is 15.2 Å². The van der Waals surface area contributed by atoms with Crippen molar-refractivity contribution < 1.29 is 9.84 Å². The van der Waals surface area contributed by atoms with Crippen LogP contribution in [0.25, 0.3) is 0 Å². The number of aliphatic hydroxyl groups is 1. The van der Waals surface area contributed by atoms with Gasteiger partial charge in [-0.05, 0) is 24.0 Å². The van der Waals surface area contributed by atoms with E-state index in [1.165, 1.54) is 11.1 Å². The molecule has 0 aromatic heterocycles. The lowest BCUT2D eigenvalue weighted by Crippen LogP contribution is -2.39. The number of nitrogens with one attached hydrogen (secondary N) is 1. The molecule has 0 saturated carbocycles. The molecule has 0 aliphatic carbocycles. The Hall–Kier alpha value is -0.900. The topological polar surface area (TPSA) is 41.5 Å². The van der Waals surface area contributed by atoms with Gasteiger partial charge in [0.25, 0.3) is 0 Å². The Balaban J connectivity index is 2.53. The van der Waals surface area contributed by atoms with E-state index in [-0.39, 0.29) is 0 Å². The van der Waals surface area contributed by atoms with E-state index in [0.29, 0.717) is 13.2 Å². The second-order valence-corrected chi connectivity index (χ2v) is 4.74. The van der Waals surface area contributed by atoms with Crippen LogP contribution in [0, 0.1) is 0 Å². The van der Waals surface area contributed by atoms with Crippen LogP contribution in [-0.2, 0) is 17.9 Å². The summed E-state index contributed by atoms with van der Waals surface area (Å²) < 4.78 is 5.18. The van der Waals surface area contributed by atoms with Gasteiger partial charge in [-0.1, -0.05) is 38.1 Å². The van der Waals surface area contributed by atoms with E-state index >= 15 is 0 Å². The Morgan fingerprint density at radius 3 is 2.33 bits per heavy atom. The Kier molecular flexibility index (Phi) is 6.33. The number of hydrogen-bond acceptors (Lipinski definition) is 3. The first-order valence-corrected chi connectivity index (χ1v) is 6.64. The van der Waals surface area contributed by atoms with Crippen molar-refractivity contribution in [1.82, 2.24) is 5.32 Å². The summed E-state index contributed by atoms with van der Waals surface area (Å²) in [5.41, 5.74) is 1.84. The summed E-state index contributed by atoms with van der Waals surface area (Å²) in [6.45, 7) is 6.06. The van der Waals surface area contributed by atoms with Gasteiger partial charge in [-0.25, -0.2) is 0 Å². The minimum Gasteiger partial charge on any atom is -0.389 e. The molecule has 0 heterocycles. The van der Waals surface area contributed by atoms with Gasteiger partial charge in [-0.2, -0.15) is 0 Å². The van der Waals surface area contributed by atoms with Crippen LogP contribution < -0.4 is 5.32 Å². The summed E-state index contributed by atoms with van der Waals surface area (Å²) in [5.74, 6) is 0. The van der Waals surface area contributed by atoms with E-state index in [9.17, 15) is 5.11 Å². The van der Waals surface area contributed by atoms with Gasteiger partial charge in [-0.15, -0.1) is 0 Å². The maximum Gasteiger partial charge on any atom is 0.0766 e. The highest BCUT2D eigenvalue weighted by Crippen LogP contribution is 2.14. The third-order valence-corrected chi connectivity index (χ3v) is 3.50. The third kappa shape index (κ3) is 4.41. The number of hydrogen-bond donors (Lipinski definition) is 2. The van der Waals surface area contributed by atoms with E-state index in [0.717, 1.165) is 19.4 Å². The molecule has 0 fully saturated rings. The van der Waals surface area contributed by atoms with Crippen molar-refractivity contribution in [3.05, 3.63) is 35.4 Å². The molecule has 1 rings (SSSR count). The number of methoxy groups -OCH3 is 1. The molecule has 1 aromatic carbocycles. The highest BCUT2D eigenvalue weighted by Gasteiger charge is 2.21. The van der Waals surface area contributed by atoms with E-state index in [1.54, 1.807) is 7.11 Å². The standard InChI is InChI=1S/C15H25NO2/c1-4-15(17,5-2)12-16-10-13-8-6-7-9-14(13)11-18-3/h6-9,16-17H,4-5,10-12H2,1-3H3. The van der Waals surface area contributed by atoms with Crippen molar-refractivity contribution in [2.45, 2.75) is 45.4 Å². The van der Waals surface area contributed by atoms with Crippen LogP contribution in [0.4, 0.5) is 0 Å². The normalized spacial score (nSPS) is 11.8. The predicted molar refractivity (Wildman–Crippen MR) is 74.4 cm³/mol. The molecule has 18 heavy (non-hydrogen) atoms. The van der Waals surface area contributed by atoms with Gasteiger partial charge >= 0.3 is 0 Å². The SMILES string of the molecule is CCC(O)(CC)CNCc1ccccc1COC. The molecule has 0 amide bonds. The monoisotopic (exact) mass is 251 g/mol. The van der Waals surface area contributed by atoms with Crippen molar-refractivity contribution in [3.8, 4) is 0 Å². The molecule has 1 aromatic rings. The molecule has 0 radical (unpaired) electrons. The van der Waals surface area contributed by atoms with E-state index < -0.39 is 5.60 Å². The summed E-state index contributed by atoms with van der Waals surface area (Å²) in [5, 5.41) is 13.5. The average molecular weight is 251 g/mol. The second kappa shape index (κ2) is 7.52. The Morgan fingerprint density at radius 1 is 1.17 bits per heavy atom. The lowest BCUT2D eigenvalue weighted by molar-refractivity contribution is 0.0322. The zero-order valence-electron chi connectivity index (χ0n) is 11.7. The Morgan fingerprint density at radius 2 is 1.78 bits per heavy atom. The molecule has 0 unspecified atom stereocenters. The zero-order chi connectivity index (χ0) is 13.4. The first-order valence-electron chi connectivity index (χ1n) is 6.64. The minimum atomic E-state index is -0.587. The largest absolute Gasteiger partial charge is 0.389 e. The quantitative estimate of drug-likeness (QED) is 0.746. The Bertz CT molecular complexity index is 348. The molecule has 3 heteroatoms. The van der Waals surface area contributed by atoms with Crippen molar-refractivity contribution in [2.75, 3.05) is 13.7 Å². The van der Waals surface area contributed by atoms with E-state index in [1.807, 2.05) is 26.0 Å². The minimum absolute atomic E-state index is 0.587. The highest BCUT2D eigenvalue weighted by atomic mass is 16.5. The van der Waals surface area contributed by atoms with Crippen LogP contribution in [0.1, 0.15) is 37.8 Å². The maximum absolute atomic E-state index is 10.2. The van der Waals surface area contributed by atoms with Gasteiger partial charge in [0.05, 0.1) is 12.2 Å². The molecule has 0 aliphatic heterocycles. The molecule has 2 N–H and O–H groups in total. The van der Waals surface area contributed by atoms with Gasteiger partial charge in [0.1, 0.15) is 0 Å². The van der Waals surface area contributed by atoms with Crippen LogP contribution in [0.2, 0.25) is 0 Å². The highest BCUT2D eigenvalue weighted by molar-refractivity contribution is 5.26. The van der Waals surface area contributed by atoms with Crippen LogP contribution in [0.15, 0.2) is 24.3 Å². The van der Waals surface area contributed by atoms with Crippen LogP contribution >= 0.6 is 0 Å². The summed E-state index contributed by atoms with van der Waals surface area (Å²) in [6.07, 6.45) is 1.55. The molecular formula is C15H25NO2. The first-order chi connectivity index (χ1) is 8.65. The molecule has 0 bridgehead atoms. The van der Waals surface area contributed by atoms with Crippen molar-refractivity contribution in [1.29, 1.82) is 0 Å². The van der Waals surface area contributed by atoms with Crippen LogP contribution in [0.3, 0.4) is 0 Å². The summed E-state index contributed by atoms with van der Waals surface area (Å²) in [7, 11) is 1.71. The number of benzene rings is 1. The van der Waals surface area contributed by atoms with Gasteiger partial charge in [-0.3, -0.25) is 0 Å². The summed E-state index contributed by atoms with van der Waals surface area (Å²) >= 11 is 0. The van der Waals surface area contributed by atoms with Crippen LogP contribution in [-0.4, -0.2) is 24.4 Å². The summed E-state index contributed by atoms with van der Waals surface area (Å²) in [4.78, 5) is 0. The molecule has 0 aliphatic rings. The van der Waals surface area contributed by atoms with Gasteiger partial charge in [0, 0.05) is 20.2 Å². The van der Waals surface area contributed by atoms with E-state index in [4.69, 9.17) is 4.74 Å². The van der Waals surface area contributed by atoms with Gasteiger partial charge in [0.2, 0.25) is 0 Å². The summed E-state index contributed by atoms with van der Waals surface area (Å²) in [6, 6.07) is 8.22. The lowest BCUT2D eigenvalue weighted by atomic mass is 9.97. The third-order valence-electron chi connectivity index (χ3n) is 3.50. The van der Waals surface area contributed by atoms with Crippen LogP contribution in [0.5, 0.6) is 0 Å². The molecule has 0 saturated heterocycles. The first kappa shape index (κ1) is 15.2. The number of ether oxygens (including phenoxy) is 1. The molecule has 3 nitrogen and oxygen atoms in total. The zero-order valence-corrected chi connectivity index (χ0v) is 11.7. The van der Waals surface area contributed by atoms with E-state index in [2.05, 4.69) is 17.4 Å². The van der Waals surface area contributed by atoms with Crippen molar-refractivity contribution in [3.63, 3.8) is 0 Å². The molecule has 0 atom stereocenters. The second-order valence-electron chi connectivity index (χ2n) is 4.74. The van der Waals surface area contributed by atoms with Crippen molar-refractivity contribution in [2.24, 2.45) is 0 Å². The lowest BCUT2D eigenvalue weighted by Gasteiger charge is -2.25. The smallest absolute Gasteiger partial charge is 0.0766 e. The fourth-order valence-corrected chi connectivity index (χ4v) is 1.96. The molecule has 0 spiro atoms.